The minimum atomic E-state index is -0.241. The van der Waals surface area contributed by atoms with Gasteiger partial charge in [-0.25, -0.2) is 0 Å². The van der Waals surface area contributed by atoms with Gasteiger partial charge < -0.3 is 4.74 Å². The summed E-state index contributed by atoms with van der Waals surface area (Å²) in [5, 5.41) is 6.41. The van der Waals surface area contributed by atoms with Crippen molar-refractivity contribution in [3.63, 3.8) is 0 Å². The second kappa shape index (κ2) is 4.33. The summed E-state index contributed by atoms with van der Waals surface area (Å²) in [7, 11) is 1.37. The number of hydrogen-bond acceptors (Lipinski definition) is 3. The number of methoxy groups -OCH3 is 1. The number of aromatic nitrogens is 2. The van der Waals surface area contributed by atoms with Gasteiger partial charge in [0.05, 0.1) is 19.7 Å². The quantitative estimate of drug-likeness (QED) is 0.681. The highest BCUT2D eigenvalue weighted by molar-refractivity contribution is 5.72. The van der Waals surface area contributed by atoms with Crippen molar-refractivity contribution >= 4 is 12.0 Å². The summed E-state index contributed by atoms with van der Waals surface area (Å²) in [4.78, 5) is 10.6. The molecule has 0 aliphatic rings. The molecule has 4 nitrogen and oxygen atoms in total. The van der Waals surface area contributed by atoms with Gasteiger partial charge in [0.1, 0.15) is 0 Å². The molecular weight excluding hydrogens is 156 g/mol. The van der Waals surface area contributed by atoms with Gasteiger partial charge in [0.15, 0.2) is 0 Å². The van der Waals surface area contributed by atoms with Crippen LogP contribution in [-0.2, 0) is 9.53 Å². The summed E-state index contributed by atoms with van der Waals surface area (Å²) < 4.78 is 4.46. The van der Waals surface area contributed by atoms with E-state index in [0.717, 1.165) is 5.56 Å². The Kier molecular flexibility index (Phi) is 3.07. The number of esters is 1. The van der Waals surface area contributed by atoms with E-state index in [1.807, 2.05) is 0 Å². The number of carbonyl (C=O) groups is 1. The van der Waals surface area contributed by atoms with Crippen LogP contribution in [0.3, 0.4) is 0 Å². The number of aromatic amines is 1. The number of rotatable bonds is 3. The molecule has 1 aromatic heterocycles. The molecule has 1 N–H and O–H groups in total. The van der Waals surface area contributed by atoms with Gasteiger partial charge in [0, 0.05) is 11.8 Å². The SMILES string of the molecule is COC(=O)CC=Cc1cn[nH]c1. The van der Waals surface area contributed by atoms with E-state index in [9.17, 15) is 4.79 Å². The lowest BCUT2D eigenvalue weighted by molar-refractivity contribution is -0.139. The van der Waals surface area contributed by atoms with Gasteiger partial charge in [-0.1, -0.05) is 12.2 Å². The average molecular weight is 166 g/mol. The summed E-state index contributed by atoms with van der Waals surface area (Å²) in [5.74, 6) is -0.241. The molecule has 0 saturated carbocycles. The molecule has 0 saturated heterocycles. The van der Waals surface area contributed by atoms with Crippen LogP contribution in [0.4, 0.5) is 0 Å². The van der Waals surface area contributed by atoms with Crippen molar-refractivity contribution < 1.29 is 9.53 Å². The van der Waals surface area contributed by atoms with Gasteiger partial charge in [-0.05, 0) is 0 Å². The van der Waals surface area contributed by atoms with Crippen molar-refractivity contribution in [2.45, 2.75) is 6.42 Å². The number of hydrogen-bond donors (Lipinski definition) is 1. The summed E-state index contributed by atoms with van der Waals surface area (Å²) in [5.41, 5.74) is 0.943. The fraction of sp³-hybridized carbons (Fsp3) is 0.250. The summed E-state index contributed by atoms with van der Waals surface area (Å²) in [6.07, 6.45) is 7.25. The molecule has 0 bridgehead atoms. The number of ether oxygens (including phenoxy) is 1. The van der Waals surface area contributed by atoms with Gasteiger partial charge in [-0.3, -0.25) is 9.89 Å². The fourth-order valence-electron chi connectivity index (χ4n) is 0.727. The Morgan fingerprint density at radius 1 is 1.83 bits per heavy atom. The Bertz CT molecular complexity index is 265. The van der Waals surface area contributed by atoms with Crippen LogP contribution in [0.5, 0.6) is 0 Å². The van der Waals surface area contributed by atoms with E-state index in [4.69, 9.17) is 0 Å². The average Bonchev–Trinajstić information content (AvgIpc) is 2.57. The second-order valence-corrected chi connectivity index (χ2v) is 2.21. The standard InChI is InChI=1S/C8H10N2O2/c1-12-8(11)4-2-3-7-5-9-10-6-7/h2-3,5-6H,4H2,1H3,(H,9,10). The third-order valence-electron chi connectivity index (χ3n) is 1.34. The zero-order valence-electron chi connectivity index (χ0n) is 6.78. The lowest BCUT2D eigenvalue weighted by Gasteiger charge is -1.90. The minimum absolute atomic E-state index is 0.241. The third-order valence-corrected chi connectivity index (χ3v) is 1.34. The normalized spacial score (nSPS) is 10.4. The van der Waals surface area contributed by atoms with Crippen LogP contribution < -0.4 is 0 Å². The molecule has 1 heterocycles. The summed E-state index contributed by atoms with van der Waals surface area (Å²) >= 11 is 0. The number of nitrogens with one attached hydrogen (secondary N) is 1. The number of carbonyl (C=O) groups excluding carboxylic acids is 1. The first-order valence-electron chi connectivity index (χ1n) is 3.55. The largest absolute Gasteiger partial charge is 0.469 e. The van der Waals surface area contributed by atoms with E-state index in [0.29, 0.717) is 6.42 Å². The Balaban J connectivity index is 2.37. The molecule has 0 aromatic carbocycles. The lowest BCUT2D eigenvalue weighted by Crippen LogP contribution is -1.96. The van der Waals surface area contributed by atoms with E-state index in [-0.39, 0.29) is 5.97 Å². The van der Waals surface area contributed by atoms with Gasteiger partial charge in [-0.2, -0.15) is 5.10 Å². The molecule has 0 aliphatic heterocycles. The van der Waals surface area contributed by atoms with Gasteiger partial charge >= 0.3 is 5.97 Å². The van der Waals surface area contributed by atoms with Crippen LogP contribution >= 0.6 is 0 Å². The number of H-pyrrole nitrogens is 1. The van der Waals surface area contributed by atoms with Crippen molar-refractivity contribution in [3.05, 3.63) is 24.0 Å². The zero-order chi connectivity index (χ0) is 8.81. The maximum absolute atomic E-state index is 10.6. The van der Waals surface area contributed by atoms with E-state index in [1.54, 1.807) is 24.5 Å². The molecule has 0 spiro atoms. The molecule has 0 aliphatic carbocycles. The van der Waals surface area contributed by atoms with E-state index in [2.05, 4.69) is 14.9 Å². The van der Waals surface area contributed by atoms with Crippen LogP contribution in [0.15, 0.2) is 18.5 Å². The monoisotopic (exact) mass is 166 g/mol. The summed E-state index contributed by atoms with van der Waals surface area (Å²) in [6, 6.07) is 0. The van der Waals surface area contributed by atoms with Crippen molar-refractivity contribution in [3.8, 4) is 0 Å². The molecular formula is C8H10N2O2. The van der Waals surface area contributed by atoms with Crippen molar-refractivity contribution in [2.75, 3.05) is 7.11 Å². The van der Waals surface area contributed by atoms with Gasteiger partial charge in [-0.15, -0.1) is 0 Å². The van der Waals surface area contributed by atoms with Crippen molar-refractivity contribution in [2.24, 2.45) is 0 Å². The van der Waals surface area contributed by atoms with Crippen LogP contribution in [0.1, 0.15) is 12.0 Å². The van der Waals surface area contributed by atoms with Gasteiger partial charge in [0.25, 0.3) is 0 Å². The first-order valence-corrected chi connectivity index (χ1v) is 3.55. The highest BCUT2D eigenvalue weighted by Gasteiger charge is 1.93. The third kappa shape index (κ3) is 2.57. The molecule has 12 heavy (non-hydrogen) atoms. The predicted octanol–water partition coefficient (Wildman–Crippen LogP) is 0.986. The zero-order valence-corrected chi connectivity index (χ0v) is 6.78. The van der Waals surface area contributed by atoms with Crippen LogP contribution in [0.2, 0.25) is 0 Å². The van der Waals surface area contributed by atoms with Crippen LogP contribution in [-0.4, -0.2) is 23.3 Å². The topological polar surface area (TPSA) is 55.0 Å². The Morgan fingerprint density at radius 2 is 2.67 bits per heavy atom. The first kappa shape index (κ1) is 8.52. The predicted molar refractivity (Wildman–Crippen MR) is 44.3 cm³/mol. The molecule has 64 valence electrons. The molecule has 0 atom stereocenters. The first-order chi connectivity index (χ1) is 5.83. The molecule has 0 fully saturated rings. The summed E-state index contributed by atoms with van der Waals surface area (Å²) in [6.45, 7) is 0. The van der Waals surface area contributed by atoms with E-state index in [1.165, 1.54) is 7.11 Å². The smallest absolute Gasteiger partial charge is 0.309 e. The second-order valence-electron chi connectivity index (χ2n) is 2.21. The van der Waals surface area contributed by atoms with Crippen molar-refractivity contribution in [1.82, 2.24) is 10.2 Å². The lowest BCUT2D eigenvalue weighted by atomic mass is 10.3. The number of nitrogens with zero attached hydrogens (tertiary/aromatic N) is 1. The highest BCUT2D eigenvalue weighted by Crippen LogP contribution is 1.98. The molecule has 0 unspecified atom stereocenters. The molecule has 1 rings (SSSR count). The van der Waals surface area contributed by atoms with Crippen LogP contribution in [0.25, 0.3) is 6.08 Å². The van der Waals surface area contributed by atoms with Crippen LogP contribution in [0, 0.1) is 0 Å². The fourth-order valence-corrected chi connectivity index (χ4v) is 0.727. The molecule has 0 amide bonds. The highest BCUT2D eigenvalue weighted by atomic mass is 16.5. The van der Waals surface area contributed by atoms with Crippen molar-refractivity contribution in [1.29, 1.82) is 0 Å². The molecule has 4 heteroatoms. The Hall–Kier alpha value is -1.58. The maximum atomic E-state index is 10.6. The minimum Gasteiger partial charge on any atom is -0.469 e. The van der Waals surface area contributed by atoms with E-state index >= 15 is 0 Å². The van der Waals surface area contributed by atoms with E-state index < -0.39 is 0 Å². The maximum Gasteiger partial charge on any atom is 0.309 e. The molecule has 1 aromatic rings. The molecule has 0 radical (unpaired) electrons. The van der Waals surface area contributed by atoms with Gasteiger partial charge in [0.2, 0.25) is 0 Å². The Morgan fingerprint density at radius 3 is 3.25 bits per heavy atom. The Labute approximate surface area is 70.2 Å².